The zero-order valence-electron chi connectivity index (χ0n) is 9.46. The van der Waals surface area contributed by atoms with Gasteiger partial charge in [0.25, 0.3) is 0 Å². The predicted octanol–water partition coefficient (Wildman–Crippen LogP) is 2.13. The molecule has 1 aliphatic rings. The third kappa shape index (κ3) is 4.12. The first-order valence-corrected chi connectivity index (χ1v) is 5.89. The Kier molecular flexibility index (Phi) is 5.54. The number of rotatable bonds is 5. The van der Waals surface area contributed by atoms with Gasteiger partial charge in [-0.1, -0.05) is 12.8 Å². The molecule has 0 aliphatic heterocycles. The van der Waals surface area contributed by atoms with Crippen LogP contribution in [-0.2, 0) is 14.3 Å². The van der Waals surface area contributed by atoms with Crippen molar-refractivity contribution in [1.82, 2.24) is 0 Å². The second kappa shape index (κ2) is 6.72. The SMILES string of the molecule is CCOCCC(=O)C1CCCCCC1=O. The Morgan fingerprint density at radius 2 is 2.20 bits per heavy atom. The molecule has 1 aliphatic carbocycles. The molecule has 0 heterocycles. The average molecular weight is 212 g/mol. The molecule has 86 valence electrons. The molecule has 0 amide bonds. The Bertz CT molecular complexity index is 223. The molecule has 1 saturated carbocycles. The largest absolute Gasteiger partial charge is 0.381 e. The van der Waals surface area contributed by atoms with Gasteiger partial charge in [-0.25, -0.2) is 0 Å². The molecule has 3 nitrogen and oxygen atoms in total. The van der Waals surface area contributed by atoms with Crippen LogP contribution in [0.15, 0.2) is 0 Å². The molecule has 0 aromatic heterocycles. The van der Waals surface area contributed by atoms with Gasteiger partial charge in [-0.3, -0.25) is 9.59 Å². The second-order valence-electron chi connectivity index (χ2n) is 4.03. The number of carbonyl (C=O) groups is 2. The van der Waals surface area contributed by atoms with E-state index < -0.39 is 0 Å². The third-order valence-corrected chi connectivity index (χ3v) is 2.89. The van der Waals surface area contributed by atoms with Crippen LogP contribution in [0.25, 0.3) is 0 Å². The van der Waals surface area contributed by atoms with E-state index in [1.54, 1.807) is 0 Å². The smallest absolute Gasteiger partial charge is 0.145 e. The van der Waals surface area contributed by atoms with Crippen LogP contribution in [0.1, 0.15) is 45.4 Å². The third-order valence-electron chi connectivity index (χ3n) is 2.89. The normalized spacial score (nSPS) is 22.5. The molecule has 3 heteroatoms. The van der Waals surface area contributed by atoms with E-state index >= 15 is 0 Å². The molecule has 0 N–H and O–H groups in total. The van der Waals surface area contributed by atoms with Crippen LogP contribution >= 0.6 is 0 Å². The van der Waals surface area contributed by atoms with Crippen molar-refractivity contribution in [2.45, 2.75) is 45.4 Å². The Labute approximate surface area is 91.2 Å². The number of hydrogen-bond donors (Lipinski definition) is 0. The fourth-order valence-electron chi connectivity index (χ4n) is 1.99. The van der Waals surface area contributed by atoms with Crippen molar-refractivity contribution in [3.8, 4) is 0 Å². The maximum atomic E-state index is 11.7. The Morgan fingerprint density at radius 1 is 1.40 bits per heavy atom. The highest BCUT2D eigenvalue weighted by molar-refractivity contribution is 6.02. The maximum Gasteiger partial charge on any atom is 0.145 e. The van der Waals surface area contributed by atoms with E-state index in [2.05, 4.69) is 0 Å². The van der Waals surface area contributed by atoms with Crippen LogP contribution in [-0.4, -0.2) is 24.8 Å². The minimum atomic E-state index is -0.326. The monoisotopic (exact) mass is 212 g/mol. The Balaban J connectivity index is 2.38. The standard InChI is InChI=1S/C12H20O3/c1-2-15-9-8-12(14)10-6-4-3-5-7-11(10)13/h10H,2-9H2,1H3. The lowest BCUT2D eigenvalue weighted by molar-refractivity contribution is -0.133. The van der Waals surface area contributed by atoms with E-state index in [1.165, 1.54) is 0 Å². The van der Waals surface area contributed by atoms with E-state index in [1.807, 2.05) is 6.92 Å². The number of hydrogen-bond acceptors (Lipinski definition) is 3. The van der Waals surface area contributed by atoms with Gasteiger partial charge in [-0.05, 0) is 19.8 Å². The summed E-state index contributed by atoms with van der Waals surface area (Å²) in [6, 6.07) is 0. The quantitative estimate of drug-likeness (QED) is 0.398. The van der Waals surface area contributed by atoms with Crippen molar-refractivity contribution >= 4 is 11.6 Å². The molecule has 15 heavy (non-hydrogen) atoms. The van der Waals surface area contributed by atoms with Crippen LogP contribution in [0, 0.1) is 5.92 Å². The summed E-state index contributed by atoms with van der Waals surface area (Å²) < 4.78 is 5.13. The van der Waals surface area contributed by atoms with Crippen molar-refractivity contribution in [3.63, 3.8) is 0 Å². The van der Waals surface area contributed by atoms with Gasteiger partial charge in [0.1, 0.15) is 11.6 Å². The first-order valence-electron chi connectivity index (χ1n) is 5.89. The first-order chi connectivity index (χ1) is 7.25. The van der Waals surface area contributed by atoms with Gasteiger partial charge in [-0.15, -0.1) is 0 Å². The van der Waals surface area contributed by atoms with Crippen LogP contribution in [0.3, 0.4) is 0 Å². The Hall–Kier alpha value is -0.700. The summed E-state index contributed by atoms with van der Waals surface area (Å²) in [6.07, 6.45) is 4.78. The zero-order chi connectivity index (χ0) is 11.1. The molecule has 1 unspecified atom stereocenters. The molecule has 0 spiro atoms. The van der Waals surface area contributed by atoms with Gasteiger partial charge in [-0.2, -0.15) is 0 Å². The minimum Gasteiger partial charge on any atom is -0.381 e. The fraction of sp³-hybridized carbons (Fsp3) is 0.833. The molecule has 0 aromatic carbocycles. The predicted molar refractivity (Wildman–Crippen MR) is 57.7 cm³/mol. The average Bonchev–Trinajstić information content (AvgIpc) is 2.43. The van der Waals surface area contributed by atoms with Crippen LogP contribution < -0.4 is 0 Å². The van der Waals surface area contributed by atoms with E-state index in [0.29, 0.717) is 26.1 Å². The highest BCUT2D eigenvalue weighted by atomic mass is 16.5. The van der Waals surface area contributed by atoms with Crippen molar-refractivity contribution in [2.24, 2.45) is 5.92 Å². The molecule has 1 fully saturated rings. The number of Topliss-reactive ketones (excluding diaryl/α,β-unsaturated/α-hetero) is 2. The van der Waals surface area contributed by atoms with E-state index in [4.69, 9.17) is 4.74 Å². The van der Waals surface area contributed by atoms with E-state index in [0.717, 1.165) is 25.7 Å². The first kappa shape index (κ1) is 12.4. The summed E-state index contributed by atoms with van der Waals surface area (Å²) in [7, 11) is 0. The lowest BCUT2D eigenvalue weighted by Gasteiger charge is -2.11. The summed E-state index contributed by atoms with van der Waals surface area (Å²) in [5.74, 6) is -0.0997. The number of carbonyl (C=O) groups excluding carboxylic acids is 2. The van der Waals surface area contributed by atoms with Gasteiger partial charge in [0.05, 0.1) is 12.5 Å². The topological polar surface area (TPSA) is 43.4 Å². The summed E-state index contributed by atoms with van der Waals surface area (Å²) in [6.45, 7) is 2.99. The Morgan fingerprint density at radius 3 is 2.93 bits per heavy atom. The summed E-state index contributed by atoms with van der Waals surface area (Å²) in [5.41, 5.74) is 0. The molecule has 0 aromatic rings. The van der Waals surface area contributed by atoms with Crippen LogP contribution in [0.2, 0.25) is 0 Å². The van der Waals surface area contributed by atoms with E-state index in [-0.39, 0.29) is 17.5 Å². The highest BCUT2D eigenvalue weighted by Crippen LogP contribution is 2.21. The van der Waals surface area contributed by atoms with Crippen molar-refractivity contribution < 1.29 is 14.3 Å². The van der Waals surface area contributed by atoms with Gasteiger partial charge in [0.2, 0.25) is 0 Å². The molecule has 0 radical (unpaired) electrons. The molecule has 0 bridgehead atoms. The summed E-state index contributed by atoms with van der Waals surface area (Å²) >= 11 is 0. The highest BCUT2D eigenvalue weighted by Gasteiger charge is 2.26. The molecule has 1 rings (SSSR count). The van der Waals surface area contributed by atoms with Gasteiger partial charge >= 0.3 is 0 Å². The maximum absolute atomic E-state index is 11.7. The molecule has 1 atom stereocenters. The van der Waals surface area contributed by atoms with Crippen molar-refractivity contribution in [1.29, 1.82) is 0 Å². The van der Waals surface area contributed by atoms with Gasteiger partial charge in [0.15, 0.2) is 0 Å². The van der Waals surface area contributed by atoms with Crippen LogP contribution in [0.4, 0.5) is 0 Å². The molecular formula is C12H20O3. The lowest BCUT2D eigenvalue weighted by Crippen LogP contribution is -2.23. The summed E-state index contributed by atoms with van der Waals surface area (Å²) in [4.78, 5) is 23.4. The van der Waals surface area contributed by atoms with Gasteiger partial charge < -0.3 is 4.74 Å². The molecule has 0 saturated heterocycles. The van der Waals surface area contributed by atoms with Gasteiger partial charge in [0, 0.05) is 19.4 Å². The number of ketones is 2. The lowest BCUT2D eigenvalue weighted by atomic mass is 9.93. The van der Waals surface area contributed by atoms with Crippen molar-refractivity contribution in [3.05, 3.63) is 0 Å². The second-order valence-corrected chi connectivity index (χ2v) is 4.03. The fourth-order valence-corrected chi connectivity index (χ4v) is 1.99. The van der Waals surface area contributed by atoms with Crippen molar-refractivity contribution in [2.75, 3.05) is 13.2 Å². The minimum absolute atomic E-state index is 0.0790. The number of ether oxygens (including phenoxy) is 1. The molecular weight excluding hydrogens is 192 g/mol. The van der Waals surface area contributed by atoms with E-state index in [9.17, 15) is 9.59 Å². The summed E-state index contributed by atoms with van der Waals surface area (Å²) in [5, 5.41) is 0. The van der Waals surface area contributed by atoms with Crippen LogP contribution in [0.5, 0.6) is 0 Å². The zero-order valence-corrected chi connectivity index (χ0v) is 9.46.